The lowest BCUT2D eigenvalue weighted by atomic mass is 10.3. The summed E-state index contributed by atoms with van der Waals surface area (Å²) in [5.74, 6) is 0.0872. The molecule has 0 spiro atoms. The lowest BCUT2D eigenvalue weighted by Crippen LogP contribution is -2.29. The summed E-state index contributed by atoms with van der Waals surface area (Å²) in [6, 6.07) is 6.41. The smallest absolute Gasteiger partial charge is 0.238 e. The summed E-state index contributed by atoms with van der Waals surface area (Å²) in [6.45, 7) is 2.90. The summed E-state index contributed by atoms with van der Waals surface area (Å²) in [6.07, 6.45) is 0. The molecule has 0 saturated heterocycles. The van der Waals surface area contributed by atoms with Gasteiger partial charge in [0.15, 0.2) is 0 Å². The number of aryl methyl sites for hydroxylation is 1. The number of anilines is 1. The highest BCUT2D eigenvalue weighted by molar-refractivity contribution is 7.09. The molecule has 20 heavy (non-hydrogen) atoms. The number of aromatic nitrogens is 1. The van der Waals surface area contributed by atoms with Crippen molar-refractivity contribution < 1.29 is 9.90 Å². The summed E-state index contributed by atoms with van der Waals surface area (Å²) in [4.78, 5) is 18.1. The zero-order valence-corrected chi connectivity index (χ0v) is 12.3. The van der Waals surface area contributed by atoms with Crippen LogP contribution in [0.2, 0.25) is 0 Å². The van der Waals surface area contributed by atoms with Crippen molar-refractivity contribution in [3.8, 4) is 5.75 Å². The monoisotopic (exact) mass is 291 g/mol. The number of phenols is 1. The number of phenolic OH excluding ortho intramolecular Hbond substituents is 1. The van der Waals surface area contributed by atoms with Crippen molar-refractivity contribution in [2.75, 3.05) is 18.9 Å². The Morgan fingerprint density at radius 1 is 1.40 bits per heavy atom. The van der Waals surface area contributed by atoms with Crippen molar-refractivity contribution in [1.29, 1.82) is 0 Å². The standard InChI is InChI=1S/C14H17N3O2S/c1-10-15-12(9-20-10)7-17(2)8-14(19)16-11-3-5-13(18)6-4-11/h3-6,9,18H,7-8H2,1-2H3,(H,16,19). The van der Waals surface area contributed by atoms with Crippen LogP contribution in [0, 0.1) is 6.92 Å². The number of amides is 1. The van der Waals surface area contributed by atoms with Gasteiger partial charge >= 0.3 is 0 Å². The van der Waals surface area contributed by atoms with Gasteiger partial charge < -0.3 is 10.4 Å². The molecule has 0 aliphatic heterocycles. The normalized spacial score (nSPS) is 10.8. The molecule has 0 fully saturated rings. The molecule has 1 aromatic carbocycles. The van der Waals surface area contributed by atoms with Crippen molar-refractivity contribution in [1.82, 2.24) is 9.88 Å². The van der Waals surface area contributed by atoms with Crippen LogP contribution in [0.3, 0.4) is 0 Å². The van der Waals surface area contributed by atoms with E-state index in [0.29, 0.717) is 12.2 Å². The van der Waals surface area contributed by atoms with Gasteiger partial charge in [0.1, 0.15) is 5.75 Å². The van der Waals surface area contributed by atoms with Gasteiger partial charge in [0.2, 0.25) is 5.91 Å². The fourth-order valence-corrected chi connectivity index (χ4v) is 2.41. The number of hydrogen-bond acceptors (Lipinski definition) is 5. The topological polar surface area (TPSA) is 65.5 Å². The van der Waals surface area contributed by atoms with Crippen molar-refractivity contribution in [3.63, 3.8) is 0 Å². The molecule has 2 N–H and O–H groups in total. The summed E-state index contributed by atoms with van der Waals surface area (Å²) >= 11 is 1.61. The molecule has 1 heterocycles. The number of nitrogens with zero attached hydrogens (tertiary/aromatic N) is 2. The van der Waals surface area contributed by atoms with E-state index in [4.69, 9.17) is 0 Å². The van der Waals surface area contributed by atoms with E-state index in [0.717, 1.165) is 10.7 Å². The Hall–Kier alpha value is -1.92. The maximum Gasteiger partial charge on any atom is 0.238 e. The number of rotatable bonds is 5. The minimum absolute atomic E-state index is 0.0925. The number of nitrogens with one attached hydrogen (secondary N) is 1. The zero-order chi connectivity index (χ0) is 14.5. The van der Waals surface area contributed by atoms with Crippen molar-refractivity contribution in [2.24, 2.45) is 0 Å². The third kappa shape index (κ3) is 4.32. The Bertz CT molecular complexity index is 580. The van der Waals surface area contributed by atoms with E-state index >= 15 is 0 Å². The van der Waals surface area contributed by atoms with Crippen molar-refractivity contribution in [3.05, 3.63) is 40.3 Å². The maximum atomic E-state index is 11.9. The van der Waals surface area contributed by atoms with Crippen molar-refractivity contribution in [2.45, 2.75) is 13.5 Å². The third-order valence-corrected chi connectivity index (χ3v) is 3.49. The molecule has 1 aromatic heterocycles. The highest BCUT2D eigenvalue weighted by Crippen LogP contribution is 2.14. The van der Waals surface area contributed by atoms with Gasteiger partial charge in [-0.1, -0.05) is 0 Å². The molecule has 0 aliphatic rings. The van der Waals surface area contributed by atoms with Crippen LogP contribution in [-0.4, -0.2) is 34.5 Å². The first kappa shape index (κ1) is 14.5. The molecule has 0 atom stereocenters. The second-order valence-electron chi connectivity index (χ2n) is 4.63. The number of thiazole rings is 1. The molecule has 0 unspecified atom stereocenters. The van der Waals surface area contributed by atoms with E-state index in [1.165, 1.54) is 12.1 Å². The molecule has 2 aromatic rings. The minimum Gasteiger partial charge on any atom is -0.508 e. The Morgan fingerprint density at radius 2 is 2.10 bits per heavy atom. The minimum atomic E-state index is -0.0925. The zero-order valence-electron chi connectivity index (χ0n) is 11.5. The fourth-order valence-electron chi connectivity index (χ4n) is 1.80. The SMILES string of the molecule is Cc1nc(CN(C)CC(=O)Nc2ccc(O)cc2)cs1. The molecular weight excluding hydrogens is 274 g/mol. The van der Waals surface area contributed by atoms with E-state index in [1.54, 1.807) is 23.5 Å². The average Bonchev–Trinajstić information content (AvgIpc) is 2.77. The summed E-state index contributed by atoms with van der Waals surface area (Å²) in [7, 11) is 1.88. The molecular formula is C14H17N3O2S. The first-order chi connectivity index (χ1) is 9.52. The molecule has 0 saturated carbocycles. The second kappa shape index (κ2) is 6.49. The van der Waals surface area contributed by atoms with E-state index in [1.807, 2.05) is 24.3 Å². The number of carbonyl (C=O) groups excluding carboxylic acids is 1. The molecule has 5 nitrogen and oxygen atoms in total. The highest BCUT2D eigenvalue weighted by atomic mass is 32.1. The largest absolute Gasteiger partial charge is 0.508 e. The molecule has 0 radical (unpaired) electrons. The van der Waals surface area contributed by atoms with Crippen LogP contribution in [0.4, 0.5) is 5.69 Å². The Balaban J connectivity index is 1.83. The van der Waals surface area contributed by atoms with Gasteiger partial charge in [-0.05, 0) is 38.2 Å². The fraction of sp³-hybridized carbons (Fsp3) is 0.286. The molecule has 1 amide bonds. The van der Waals surface area contributed by atoms with Gasteiger partial charge in [0.05, 0.1) is 17.2 Å². The highest BCUT2D eigenvalue weighted by Gasteiger charge is 2.09. The van der Waals surface area contributed by atoms with Gasteiger partial charge in [-0.15, -0.1) is 11.3 Å². The lowest BCUT2D eigenvalue weighted by molar-refractivity contribution is -0.117. The predicted octanol–water partition coefficient (Wildman–Crippen LogP) is 2.23. The van der Waals surface area contributed by atoms with Gasteiger partial charge in [0.25, 0.3) is 0 Å². The molecule has 0 aliphatic carbocycles. The maximum absolute atomic E-state index is 11.9. The van der Waals surface area contributed by atoms with Gasteiger partial charge in [-0.3, -0.25) is 9.69 Å². The van der Waals surface area contributed by atoms with Crippen LogP contribution in [0.15, 0.2) is 29.6 Å². The molecule has 2 rings (SSSR count). The van der Waals surface area contributed by atoms with E-state index in [2.05, 4.69) is 10.3 Å². The second-order valence-corrected chi connectivity index (χ2v) is 5.69. The van der Waals surface area contributed by atoms with E-state index < -0.39 is 0 Å². The van der Waals surface area contributed by atoms with Crippen LogP contribution in [0.1, 0.15) is 10.7 Å². The number of carbonyl (C=O) groups is 1. The molecule has 6 heteroatoms. The number of benzene rings is 1. The van der Waals surface area contributed by atoms with Crippen LogP contribution >= 0.6 is 11.3 Å². The van der Waals surface area contributed by atoms with Crippen LogP contribution in [-0.2, 0) is 11.3 Å². The van der Waals surface area contributed by atoms with Gasteiger partial charge in [-0.25, -0.2) is 4.98 Å². The first-order valence-electron chi connectivity index (χ1n) is 6.21. The Morgan fingerprint density at radius 3 is 2.70 bits per heavy atom. The van der Waals surface area contributed by atoms with E-state index in [9.17, 15) is 9.90 Å². The van der Waals surface area contributed by atoms with Crippen LogP contribution < -0.4 is 5.32 Å². The summed E-state index contributed by atoms with van der Waals surface area (Å²) in [5, 5.41) is 15.0. The lowest BCUT2D eigenvalue weighted by Gasteiger charge is -2.15. The summed E-state index contributed by atoms with van der Waals surface area (Å²) < 4.78 is 0. The Labute approximate surface area is 121 Å². The van der Waals surface area contributed by atoms with Gasteiger partial charge in [0, 0.05) is 17.6 Å². The third-order valence-electron chi connectivity index (χ3n) is 2.66. The first-order valence-corrected chi connectivity index (χ1v) is 7.09. The van der Waals surface area contributed by atoms with Gasteiger partial charge in [-0.2, -0.15) is 0 Å². The molecule has 106 valence electrons. The summed E-state index contributed by atoms with van der Waals surface area (Å²) in [5.41, 5.74) is 1.65. The quantitative estimate of drug-likeness (QED) is 0.829. The average molecular weight is 291 g/mol. The number of likely N-dealkylation sites (N-methyl/N-ethyl adjacent to an activating group) is 1. The number of hydrogen-bond donors (Lipinski definition) is 2. The van der Waals surface area contributed by atoms with Crippen molar-refractivity contribution >= 4 is 22.9 Å². The van der Waals surface area contributed by atoms with Crippen LogP contribution in [0.25, 0.3) is 0 Å². The predicted molar refractivity (Wildman–Crippen MR) is 79.9 cm³/mol. The van der Waals surface area contributed by atoms with E-state index in [-0.39, 0.29) is 18.2 Å². The Kier molecular flexibility index (Phi) is 4.70. The number of aromatic hydroxyl groups is 1. The van der Waals surface area contributed by atoms with Crippen LogP contribution in [0.5, 0.6) is 5.75 Å². The molecule has 0 bridgehead atoms.